The van der Waals surface area contributed by atoms with Crippen molar-refractivity contribution < 1.29 is 9.21 Å². The van der Waals surface area contributed by atoms with E-state index in [0.29, 0.717) is 11.6 Å². The van der Waals surface area contributed by atoms with Crippen LogP contribution in [0.2, 0.25) is 0 Å². The maximum atomic E-state index is 11.9. The number of aryl methyl sites for hydroxylation is 2. The molecule has 1 amide bonds. The minimum Gasteiger partial charge on any atom is -0.436 e. The zero-order valence-corrected chi connectivity index (χ0v) is 13.7. The lowest BCUT2D eigenvalue weighted by molar-refractivity contribution is 0.101. The first-order valence-corrected chi connectivity index (χ1v) is 7.75. The molecule has 0 aliphatic rings. The van der Waals surface area contributed by atoms with Crippen molar-refractivity contribution in [2.45, 2.75) is 13.8 Å². The van der Waals surface area contributed by atoms with Crippen LogP contribution in [0.4, 0.5) is 5.69 Å². The number of carbonyl (C=O) groups is 1. The molecular formula is C18H15N5O2. The molecule has 0 radical (unpaired) electrons. The van der Waals surface area contributed by atoms with Gasteiger partial charge in [0.15, 0.2) is 5.58 Å². The fraction of sp³-hybridized carbons (Fsp3) is 0.111. The molecule has 2 aromatic carbocycles. The molecule has 4 aromatic rings. The van der Waals surface area contributed by atoms with Gasteiger partial charge in [0.25, 0.3) is 5.91 Å². The number of fused-ring (bicyclic) bond motifs is 1. The van der Waals surface area contributed by atoms with Crippen LogP contribution in [0.5, 0.6) is 0 Å². The van der Waals surface area contributed by atoms with Gasteiger partial charge in [-0.15, -0.1) is 0 Å². The number of aromatic nitrogens is 4. The number of nitrogens with zero attached hydrogens (tertiary/aromatic N) is 3. The van der Waals surface area contributed by atoms with E-state index in [9.17, 15) is 4.79 Å². The van der Waals surface area contributed by atoms with Gasteiger partial charge in [0, 0.05) is 11.3 Å². The molecule has 0 aliphatic heterocycles. The number of H-pyrrole nitrogens is 1. The molecule has 0 bridgehead atoms. The quantitative estimate of drug-likeness (QED) is 0.598. The molecule has 2 N–H and O–H groups in total. The molecule has 2 aromatic heterocycles. The summed E-state index contributed by atoms with van der Waals surface area (Å²) in [6, 6.07) is 11.3. The number of oxazole rings is 1. The van der Waals surface area contributed by atoms with E-state index in [0.717, 1.165) is 16.7 Å². The summed E-state index contributed by atoms with van der Waals surface area (Å²) >= 11 is 0. The molecule has 124 valence electrons. The second-order valence-corrected chi connectivity index (χ2v) is 5.79. The molecule has 0 aliphatic carbocycles. The summed E-state index contributed by atoms with van der Waals surface area (Å²) in [5, 5.41) is 8.92. The van der Waals surface area contributed by atoms with Crippen molar-refractivity contribution in [1.29, 1.82) is 0 Å². The third-order valence-corrected chi connectivity index (χ3v) is 4.02. The molecule has 0 saturated heterocycles. The van der Waals surface area contributed by atoms with Crippen LogP contribution in [0.15, 0.2) is 47.1 Å². The minimum absolute atomic E-state index is 0.161. The summed E-state index contributed by atoms with van der Waals surface area (Å²) in [5.74, 6) is 0.361. The first-order chi connectivity index (χ1) is 12.1. The van der Waals surface area contributed by atoms with Crippen LogP contribution in [0.1, 0.15) is 21.7 Å². The highest BCUT2D eigenvalue weighted by molar-refractivity contribution is 6.01. The lowest BCUT2D eigenvalue weighted by atomic mass is 10.1. The van der Waals surface area contributed by atoms with E-state index in [1.54, 1.807) is 12.1 Å². The van der Waals surface area contributed by atoms with Crippen molar-refractivity contribution in [3.63, 3.8) is 0 Å². The van der Waals surface area contributed by atoms with E-state index in [1.165, 1.54) is 17.5 Å². The standard InChI is InChI=1S/C18H15N5O2/c1-10-7-14-15(8-11(10)2)25-18(22-14)12-3-5-13(6-4-12)21-17(24)16-19-9-20-23-16/h3-9H,1-2H3,(H,21,24)(H,19,20,23). The van der Waals surface area contributed by atoms with Crippen molar-refractivity contribution in [2.75, 3.05) is 5.32 Å². The van der Waals surface area contributed by atoms with Gasteiger partial charge in [-0.1, -0.05) is 0 Å². The Hall–Kier alpha value is -3.48. The highest BCUT2D eigenvalue weighted by Gasteiger charge is 2.11. The number of hydrogen-bond donors (Lipinski definition) is 2. The average Bonchev–Trinajstić information content (AvgIpc) is 3.26. The fourth-order valence-corrected chi connectivity index (χ4v) is 2.50. The monoisotopic (exact) mass is 333 g/mol. The summed E-state index contributed by atoms with van der Waals surface area (Å²) in [5.41, 5.74) is 5.43. The number of benzene rings is 2. The zero-order chi connectivity index (χ0) is 17.4. The van der Waals surface area contributed by atoms with Gasteiger partial charge >= 0.3 is 0 Å². The molecule has 0 atom stereocenters. The van der Waals surface area contributed by atoms with Crippen LogP contribution < -0.4 is 5.32 Å². The van der Waals surface area contributed by atoms with Gasteiger partial charge in [0.05, 0.1) is 0 Å². The molecule has 2 heterocycles. The third kappa shape index (κ3) is 2.87. The van der Waals surface area contributed by atoms with Crippen LogP contribution >= 0.6 is 0 Å². The van der Waals surface area contributed by atoms with Crippen LogP contribution in [0.3, 0.4) is 0 Å². The van der Waals surface area contributed by atoms with Crippen molar-refractivity contribution in [1.82, 2.24) is 20.2 Å². The smallest absolute Gasteiger partial charge is 0.292 e. The number of hydrogen-bond acceptors (Lipinski definition) is 5. The zero-order valence-electron chi connectivity index (χ0n) is 13.7. The summed E-state index contributed by atoms with van der Waals surface area (Å²) in [6.07, 6.45) is 1.29. The Morgan fingerprint density at radius 1 is 1.12 bits per heavy atom. The maximum absolute atomic E-state index is 11.9. The fourth-order valence-electron chi connectivity index (χ4n) is 2.50. The van der Waals surface area contributed by atoms with Gasteiger partial charge in [-0.2, -0.15) is 5.10 Å². The largest absolute Gasteiger partial charge is 0.436 e. The Bertz CT molecular complexity index is 1010. The number of anilines is 1. The normalized spacial score (nSPS) is 11.0. The lowest BCUT2D eigenvalue weighted by Crippen LogP contribution is -2.13. The summed E-state index contributed by atoms with van der Waals surface area (Å²) in [7, 11) is 0. The molecule has 0 spiro atoms. The number of carbonyl (C=O) groups excluding carboxylic acids is 1. The van der Waals surface area contributed by atoms with Gasteiger partial charge in [0.1, 0.15) is 11.8 Å². The number of aromatic amines is 1. The average molecular weight is 333 g/mol. The van der Waals surface area contributed by atoms with E-state index in [-0.39, 0.29) is 11.7 Å². The van der Waals surface area contributed by atoms with Gasteiger partial charge in [-0.25, -0.2) is 9.97 Å². The first-order valence-electron chi connectivity index (χ1n) is 7.75. The van der Waals surface area contributed by atoms with Crippen molar-refractivity contribution in [3.05, 3.63) is 59.7 Å². The van der Waals surface area contributed by atoms with Gasteiger partial charge in [-0.05, 0) is 61.4 Å². The second kappa shape index (κ2) is 5.86. The number of nitrogens with one attached hydrogen (secondary N) is 2. The second-order valence-electron chi connectivity index (χ2n) is 5.79. The first kappa shape index (κ1) is 15.1. The van der Waals surface area contributed by atoms with E-state index in [4.69, 9.17) is 4.42 Å². The molecule has 25 heavy (non-hydrogen) atoms. The molecular weight excluding hydrogens is 318 g/mol. The van der Waals surface area contributed by atoms with E-state index in [1.807, 2.05) is 31.2 Å². The Balaban J connectivity index is 1.58. The van der Waals surface area contributed by atoms with Crippen molar-refractivity contribution >= 4 is 22.7 Å². The molecule has 0 unspecified atom stereocenters. The number of rotatable bonds is 3. The minimum atomic E-state index is -0.349. The van der Waals surface area contributed by atoms with Gasteiger partial charge in [-0.3, -0.25) is 9.89 Å². The maximum Gasteiger partial charge on any atom is 0.292 e. The highest BCUT2D eigenvalue weighted by Crippen LogP contribution is 2.27. The molecule has 4 rings (SSSR count). The van der Waals surface area contributed by atoms with E-state index in [2.05, 4.69) is 32.4 Å². The van der Waals surface area contributed by atoms with Crippen LogP contribution in [-0.4, -0.2) is 26.1 Å². The predicted molar refractivity (Wildman–Crippen MR) is 93.3 cm³/mol. The Morgan fingerprint density at radius 2 is 1.88 bits per heavy atom. The van der Waals surface area contributed by atoms with Crippen molar-refractivity contribution in [3.8, 4) is 11.5 Å². The molecule has 7 nitrogen and oxygen atoms in total. The van der Waals surface area contributed by atoms with Gasteiger partial charge in [0.2, 0.25) is 11.7 Å². The Labute approximate surface area is 143 Å². The summed E-state index contributed by atoms with van der Waals surface area (Å²) < 4.78 is 5.85. The van der Waals surface area contributed by atoms with Crippen LogP contribution in [-0.2, 0) is 0 Å². The Kier molecular flexibility index (Phi) is 3.53. The van der Waals surface area contributed by atoms with Crippen LogP contribution in [0, 0.1) is 13.8 Å². The topological polar surface area (TPSA) is 96.7 Å². The molecule has 7 heteroatoms. The van der Waals surface area contributed by atoms with Crippen LogP contribution in [0.25, 0.3) is 22.6 Å². The van der Waals surface area contributed by atoms with E-state index >= 15 is 0 Å². The van der Waals surface area contributed by atoms with E-state index < -0.39 is 0 Å². The SMILES string of the molecule is Cc1cc2nc(-c3ccc(NC(=O)c4ncn[nH]4)cc3)oc2cc1C. The highest BCUT2D eigenvalue weighted by atomic mass is 16.3. The number of amides is 1. The molecule has 0 fully saturated rings. The summed E-state index contributed by atoms with van der Waals surface area (Å²) in [6.45, 7) is 4.10. The molecule has 0 saturated carbocycles. The lowest BCUT2D eigenvalue weighted by Gasteiger charge is -2.03. The summed E-state index contributed by atoms with van der Waals surface area (Å²) in [4.78, 5) is 20.3. The van der Waals surface area contributed by atoms with Crippen molar-refractivity contribution in [2.24, 2.45) is 0 Å². The Morgan fingerprint density at radius 3 is 2.60 bits per heavy atom. The third-order valence-electron chi connectivity index (χ3n) is 4.02. The van der Waals surface area contributed by atoms with Gasteiger partial charge < -0.3 is 9.73 Å². The predicted octanol–water partition coefficient (Wildman–Crippen LogP) is 3.48.